The standard InChI is InChI=1S/C20H15N5O/c26-19(11-10-16-6-3-5-15-7-4-12-22-20(15)16)24-17-8-1-2-9-18(17)25-14-21-13-23-25/h1-14H,(H,24,26)/b11-10+. The van der Waals surface area contributed by atoms with E-state index in [2.05, 4.69) is 20.4 Å². The number of hydrogen-bond donors (Lipinski definition) is 1. The van der Waals surface area contributed by atoms with E-state index in [1.165, 1.54) is 12.4 Å². The molecule has 0 atom stereocenters. The van der Waals surface area contributed by atoms with Gasteiger partial charge >= 0.3 is 0 Å². The SMILES string of the molecule is O=C(/C=C/c1cccc2cccnc12)Nc1ccccc1-n1cncn1. The molecule has 0 bridgehead atoms. The van der Waals surface area contributed by atoms with E-state index >= 15 is 0 Å². The quantitative estimate of drug-likeness (QED) is 0.577. The van der Waals surface area contributed by atoms with E-state index < -0.39 is 0 Å². The summed E-state index contributed by atoms with van der Waals surface area (Å²) in [7, 11) is 0. The molecule has 0 saturated carbocycles. The number of benzene rings is 2. The van der Waals surface area contributed by atoms with Crippen molar-refractivity contribution in [2.24, 2.45) is 0 Å². The van der Waals surface area contributed by atoms with Crippen molar-refractivity contribution in [3.05, 3.63) is 85.1 Å². The summed E-state index contributed by atoms with van der Waals surface area (Å²) in [6.45, 7) is 0. The van der Waals surface area contributed by atoms with Crippen LogP contribution < -0.4 is 5.32 Å². The van der Waals surface area contributed by atoms with Gasteiger partial charge in [-0.1, -0.05) is 36.4 Å². The summed E-state index contributed by atoms with van der Waals surface area (Å²) in [6.07, 6.45) is 8.05. The fourth-order valence-electron chi connectivity index (χ4n) is 2.71. The van der Waals surface area contributed by atoms with Gasteiger partial charge in [-0.05, 0) is 24.3 Å². The van der Waals surface area contributed by atoms with Crippen molar-refractivity contribution in [3.63, 3.8) is 0 Å². The number of nitrogens with zero attached hydrogens (tertiary/aromatic N) is 4. The first-order chi connectivity index (χ1) is 12.8. The Morgan fingerprint density at radius 1 is 1.04 bits per heavy atom. The Kier molecular flexibility index (Phi) is 4.22. The first-order valence-corrected chi connectivity index (χ1v) is 8.08. The lowest BCUT2D eigenvalue weighted by Crippen LogP contribution is -2.10. The highest BCUT2D eigenvalue weighted by Gasteiger charge is 2.07. The van der Waals surface area contributed by atoms with Crippen LogP contribution >= 0.6 is 0 Å². The van der Waals surface area contributed by atoms with Crippen LogP contribution in [0.25, 0.3) is 22.7 Å². The van der Waals surface area contributed by atoms with Gasteiger partial charge in [0.1, 0.15) is 12.7 Å². The van der Waals surface area contributed by atoms with Crippen molar-refractivity contribution < 1.29 is 4.79 Å². The summed E-state index contributed by atoms with van der Waals surface area (Å²) in [5.41, 5.74) is 3.16. The number of rotatable bonds is 4. The van der Waals surface area contributed by atoms with Gasteiger partial charge in [0.25, 0.3) is 0 Å². The van der Waals surface area contributed by atoms with E-state index in [-0.39, 0.29) is 5.91 Å². The maximum Gasteiger partial charge on any atom is 0.248 e. The first kappa shape index (κ1) is 15.7. The maximum absolute atomic E-state index is 12.4. The van der Waals surface area contributed by atoms with Crippen LogP contribution in [0, 0.1) is 0 Å². The Balaban J connectivity index is 1.57. The molecule has 0 fully saturated rings. The molecule has 1 amide bonds. The summed E-state index contributed by atoms with van der Waals surface area (Å²) in [6, 6.07) is 17.2. The molecule has 0 radical (unpaired) electrons. The zero-order chi connectivity index (χ0) is 17.8. The van der Waals surface area contributed by atoms with E-state index in [0.717, 1.165) is 22.2 Å². The molecule has 0 aliphatic heterocycles. The lowest BCUT2D eigenvalue weighted by molar-refractivity contribution is -0.111. The average molecular weight is 341 g/mol. The lowest BCUT2D eigenvalue weighted by atomic mass is 10.1. The van der Waals surface area contributed by atoms with Crippen LogP contribution in [0.5, 0.6) is 0 Å². The van der Waals surface area contributed by atoms with Crippen molar-refractivity contribution in [1.29, 1.82) is 0 Å². The molecule has 126 valence electrons. The van der Waals surface area contributed by atoms with E-state index in [1.54, 1.807) is 23.3 Å². The molecule has 4 rings (SSSR count). The zero-order valence-corrected chi connectivity index (χ0v) is 13.8. The van der Waals surface area contributed by atoms with Gasteiger partial charge in [0.15, 0.2) is 0 Å². The molecular weight excluding hydrogens is 326 g/mol. The normalized spacial score (nSPS) is 11.1. The van der Waals surface area contributed by atoms with Crippen molar-refractivity contribution in [2.75, 3.05) is 5.32 Å². The van der Waals surface area contributed by atoms with Crippen LogP contribution in [0.15, 0.2) is 79.5 Å². The fourth-order valence-corrected chi connectivity index (χ4v) is 2.71. The zero-order valence-electron chi connectivity index (χ0n) is 13.8. The Morgan fingerprint density at radius 2 is 1.92 bits per heavy atom. The average Bonchev–Trinajstić information content (AvgIpc) is 3.21. The molecule has 0 spiro atoms. The molecule has 0 aliphatic rings. The van der Waals surface area contributed by atoms with Crippen LogP contribution in [0.1, 0.15) is 5.56 Å². The van der Waals surface area contributed by atoms with Gasteiger partial charge in [-0.25, -0.2) is 9.67 Å². The van der Waals surface area contributed by atoms with Crippen molar-refractivity contribution in [2.45, 2.75) is 0 Å². The van der Waals surface area contributed by atoms with Gasteiger partial charge in [0.05, 0.1) is 16.9 Å². The van der Waals surface area contributed by atoms with E-state index in [4.69, 9.17) is 0 Å². The molecule has 4 aromatic rings. The molecule has 6 heteroatoms. The molecule has 6 nitrogen and oxygen atoms in total. The van der Waals surface area contributed by atoms with Crippen LogP contribution in [0.2, 0.25) is 0 Å². The highest BCUT2D eigenvalue weighted by molar-refractivity contribution is 6.04. The number of carbonyl (C=O) groups excluding carboxylic acids is 1. The molecule has 2 heterocycles. The highest BCUT2D eigenvalue weighted by Crippen LogP contribution is 2.20. The molecule has 2 aromatic heterocycles. The lowest BCUT2D eigenvalue weighted by Gasteiger charge is -2.09. The third kappa shape index (κ3) is 3.21. The molecule has 0 saturated heterocycles. The number of nitrogens with one attached hydrogen (secondary N) is 1. The second-order valence-corrected chi connectivity index (χ2v) is 5.60. The van der Waals surface area contributed by atoms with Crippen molar-refractivity contribution in [3.8, 4) is 5.69 Å². The fraction of sp³-hybridized carbons (Fsp3) is 0. The van der Waals surface area contributed by atoms with Crippen LogP contribution in [-0.2, 0) is 4.79 Å². The highest BCUT2D eigenvalue weighted by atomic mass is 16.1. The minimum Gasteiger partial charge on any atom is -0.321 e. The molecule has 26 heavy (non-hydrogen) atoms. The number of carbonyl (C=O) groups is 1. The van der Waals surface area contributed by atoms with Gasteiger partial charge in [-0.3, -0.25) is 9.78 Å². The smallest absolute Gasteiger partial charge is 0.248 e. The molecule has 0 unspecified atom stereocenters. The van der Waals surface area contributed by atoms with E-state index in [9.17, 15) is 4.79 Å². The summed E-state index contributed by atoms with van der Waals surface area (Å²) >= 11 is 0. The minimum absolute atomic E-state index is 0.231. The summed E-state index contributed by atoms with van der Waals surface area (Å²) in [5.74, 6) is -0.231. The second-order valence-electron chi connectivity index (χ2n) is 5.60. The monoisotopic (exact) mass is 341 g/mol. The van der Waals surface area contributed by atoms with Gasteiger partial charge < -0.3 is 5.32 Å². The second kappa shape index (κ2) is 6.98. The van der Waals surface area contributed by atoms with Gasteiger partial charge in [-0.15, -0.1) is 0 Å². The van der Waals surface area contributed by atoms with Crippen LogP contribution in [0.4, 0.5) is 5.69 Å². The largest absolute Gasteiger partial charge is 0.321 e. The van der Waals surface area contributed by atoms with Gasteiger partial charge in [0, 0.05) is 23.2 Å². The third-order valence-electron chi connectivity index (χ3n) is 3.91. The molecule has 1 N–H and O–H groups in total. The first-order valence-electron chi connectivity index (χ1n) is 8.08. The van der Waals surface area contributed by atoms with E-state index in [1.807, 2.05) is 54.6 Å². The van der Waals surface area contributed by atoms with Gasteiger partial charge in [0.2, 0.25) is 5.91 Å². The van der Waals surface area contributed by atoms with Crippen molar-refractivity contribution in [1.82, 2.24) is 19.7 Å². The van der Waals surface area contributed by atoms with Crippen molar-refractivity contribution >= 4 is 28.6 Å². The Hall–Kier alpha value is -3.80. The third-order valence-corrected chi connectivity index (χ3v) is 3.91. The Morgan fingerprint density at radius 3 is 2.81 bits per heavy atom. The van der Waals surface area contributed by atoms with Gasteiger partial charge in [-0.2, -0.15) is 5.10 Å². The number of para-hydroxylation sites is 3. The topological polar surface area (TPSA) is 72.7 Å². The minimum atomic E-state index is -0.231. The predicted molar refractivity (Wildman–Crippen MR) is 101 cm³/mol. The number of aromatic nitrogens is 4. The molecular formula is C20H15N5O. The number of hydrogen-bond acceptors (Lipinski definition) is 4. The number of fused-ring (bicyclic) bond motifs is 1. The van der Waals surface area contributed by atoms with Crippen LogP contribution in [0.3, 0.4) is 0 Å². The maximum atomic E-state index is 12.4. The number of amides is 1. The van der Waals surface area contributed by atoms with E-state index in [0.29, 0.717) is 5.69 Å². The summed E-state index contributed by atoms with van der Waals surface area (Å²) in [4.78, 5) is 20.7. The Bertz CT molecular complexity index is 1080. The molecule has 2 aromatic carbocycles. The number of anilines is 1. The Labute approximate surface area is 149 Å². The number of pyridine rings is 1. The molecule has 0 aliphatic carbocycles. The van der Waals surface area contributed by atoms with Crippen LogP contribution in [-0.4, -0.2) is 25.7 Å². The summed E-state index contributed by atoms with van der Waals surface area (Å²) < 4.78 is 1.61. The summed E-state index contributed by atoms with van der Waals surface area (Å²) in [5, 5.41) is 8.03. The predicted octanol–water partition coefficient (Wildman–Crippen LogP) is 3.47.